The lowest BCUT2D eigenvalue weighted by molar-refractivity contribution is -0.165. The average molecular weight is 321 g/mol. The fourth-order valence-corrected chi connectivity index (χ4v) is 9.98. The molecule has 0 aromatic rings. The predicted molar refractivity (Wildman–Crippen MR) is 93.5 cm³/mol. The van der Waals surface area contributed by atoms with Crippen molar-refractivity contribution < 1.29 is 9.53 Å². The molecule has 124 valence electrons. The first kappa shape index (κ1) is 16.3. The molecule has 22 heavy (non-hydrogen) atoms. The molecule has 2 aliphatic carbocycles. The van der Waals surface area contributed by atoms with E-state index in [0.717, 1.165) is 19.3 Å². The number of rotatable bonds is 5. The second-order valence-corrected chi connectivity index (χ2v) is 13.3. The van der Waals surface area contributed by atoms with Gasteiger partial charge in [-0.05, 0) is 43.6 Å². The number of carbonyl (C=O) groups excluding carboxylic acids is 1. The Morgan fingerprint density at radius 2 is 2.00 bits per heavy atom. The zero-order chi connectivity index (χ0) is 15.8. The molecule has 3 rings (SSSR count). The van der Waals surface area contributed by atoms with Crippen LogP contribution in [0, 0.1) is 17.8 Å². The van der Waals surface area contributed by atoms with Crippen LogP contribution < -0.4 is 0 Å². The van der Waals surface area contributed by atoms with Crippen LogP contribution in [0.15, 0.2) is 12.2 Å². The van der Waals surface area contributed by atoms with Gasteiger partial charge in [-0.15, -0.1) is 0 Å². The van der Waals surface area contributed by atoms with Crippen LogP contribution in [-0.4, -0.2) is 19.6 Å². The smallest absolute Gasteiger partial charge is 0.310 e. The van der Waals surface area contributed by atoms with E-state index in [4.69, 9.17) is 4.74 Å². The summed E-state index contributed by atoms with van der Waals surface area (Å²) in [7, 11) is -1.20. The summed E-state index contributed by atoms with van der Waals surface area (Å²) in [4.78, 5) is 12.8. The van der Waals surface area contributed by atoms with Gasteiger partial charge in [0.1, 0.15) is 5.60 Å². The van der Waals surface area contributed by atoms with Crippen molar-refractivity contribution in [3.63, 3.8) is 0 Å². The SMILES string of the molecule is CCC1(OC(=O)C2CC3C=CC2C3)CCC[Si](CC)(CC)C1. The van der Waals surface area contributed by atoms with E-state index in [1.807, 2.05) is 0 Å². The van der Waals surface area contributed by atoms with E-state index >= 15 is 0 Å². The van der Waals surface area contributed by atoms with Gasteiger partial charge in [-0.3, -0.25) is 4.79 Å². The van der Waals surface area contributed by atoms with E-state index in [2.05, 4.69) is 32.9 Å². The number of hydrogen-bond acceptors (Lipinski definition) is 2. The van der Waals surface area contributed by atoms with Crippen molar-refractivity contribution in [1.82, 2.24) is 0 Å². The standard InChI is InChI=1S/C19H32O2Si/c1-4-19(10-7-11-22(5-2,6-3)14-19)21-18(20)17-13-15-8-9-16(17)12-15/h8-9,15-17H,4-7,10-14H2,1-3H3. The van der Waals surface area contributed by atoms with Gasteiger partial charge in [0.25, 0.3) is 0 Å². The summed E-state index contributed by atoms with van der Waals surface area (Å²) >= 11 is 0. The Bertz CT molecular complexity index is 454. The molecule has 2 fully saturated rings. The van der Waals surface area contributed by atoms with E-state index in [0.29, 0.717) is 11.8 Å². The van der Waals surface area contributed by atoms with Gasteiger partial charge in [0.05, 0.1) is 14.0 Å². The van der Waals surface area contributed by atoms with Gasteiger partial charge in [-0.1, -0.05) is 57.5 Å². The van der Waals surface area contributed by atoms with Crippen LogP contribution in [0.25, 0.3) is 0 Å². The van der Waals surface area contributed by atoms with Crippen LogP contribution in [0.2, 0.25) is 24.2 Å². The van der Waals surface area contributed by atoms with Crippen molar-refractivity contribution in [3.8, 4) is 0 Å². The summed E-state index contributed by atoms with van der Waals surface area (Å²) in [6.45, 7) is 6.96. The Labute approximate surface area is 136 Å². The van der Waals surface area contributed by atoms with E-state index in [1.165, 1.54) is 37.0 Å². The molecule has 2 nitrogen and oxygen atoms in total. The van der Waals surface area contributed by atoms with Crippen LogP contribution in [-0.2, 0) is 9.53 Å². The summed E-state index contributed by atoms with van der Waals surface area (Å²) in [5, 5.41) is 0. The minimum atomic E-state index is -1.20. The molecule has 3 heteroatoms. The van der Waals surface area contributed by atoms with Crippen molar-refractivity contribution >= 4 is 14.0 Å². The third-order valence-electron chi connectivity index (χ3n) is 7.08. The highest BCUT2D eigenvalue weighted by Crippen LogP contribution is 2.47. The first-order valence-corrected chi connectivity index (χ1v) is 12.3. The van der Waals surface area contributed by atoms with Gasteiger partial charge in [0, 0.05) is 0 Å². The molecule has 0 spiro atoms. The molecule has 1 aliphatic heterocycles. The quantitative estimate of drug-likeness (QED) is 0.397. The first-order valence-electron chi connectivity index (χ1n) is 9.46. The lowest BCUT2D eigenvalue weighted by Crippen LogP contribution is -2.50. The summed E-state index contributed by atoms with van der Waals surface area (Å²) in [5.74, 6) is 1.39. The van der Waals surface area contributed by atoms with Gasteiger partial charge in [0.15, 0.2) is 0 Å². The van der Waals surface area contributed by atoms with Crippen LogP contribution in [0.3, 0.4) is 0 Å². The Morgan fingerprint density at radius 1 is 1.23 bits per heavy atom. The number of fused-ring (bicyclic) bond motifs is 2. The number of hydrogen-bond donors (Lipinski definition) is 0. The average Bonchev–Trinajstić information content (AvgIpc) is 3.18. The maximum atomic E-state index is 12.8. The van der Waals surface area contributed by atoms with Gasteiger partial charge in [0.2, 0.25) is 0 Å². The van der Waals surface area contributed by atoms with Gasteiger partial charge >= 0.3 is 5.97 Å². The Kier molecular flexibility index (Phi) is 4.55. The maximum absolute atomic E-state index is 12.8. The highest BCUT2D eigenvalue weighted by Gasteiger charge is 2.48. The molecule has 0 aromatic carbocycles. The third-order valence-corrected chi connectivity index (χ3v) is 12.9. The van der Waals surface area contributed by atoms with Gasteiger partial charge < -0.3 is 4.74 Å². The number of ether oxygens (including phenoxy) is 1. The molecule has 3 aliphatic rings. The van der Waals surface area contributed by atoms with E-state index in [9.17, 15) is 4.79 Å². The molecule has 0 N–H and O–H groups in total. The topological polar surface area (TPSA) is 26.3 Å². The lowest BCUT2D eigenvalue weighted by atomic mass is 9.92. The van der Waals surface area contributed by atoms with Crippen LogP contribution in [0.4, 0.5) is 0 Å². The summed E-state index contributed by atoms with van der Waals surface area (Å²) in [6, 6.07) is 5.35. The fraction of sp³-hybridized carbons (Fsp3) is 0.842. The van der Waals surface area contributed by atoms with E-state index < -0.39 is 8.07 Å². The number of carbonyl (C=O) groups is 1. The number of esters is 1. The summed E-state index contributed by atoms with van der Waals surface area (Å²) in [6.07, 6.45) is 10.1. The normalized spacial score (nSPS) is 39.1. The first-order chi connectivity index (χ1) is 10.6. The van der Waals surface area contributed by atoms with Crippen LogP contribution >= 0.6 is 0 Å². The van der Waals surface area contributed by atoms with E-state index in [1.54, 1.807) is 0 Å². The monoisotopic (exact) mass is 320 g/mol. The van der Waals surface area contributed by atoms with Crippen molar-refractivity contribution in [2.75, 3.05) is 0 Å². The fourth-order valence-electron chi connectivity index (χ4n) is 5.30. The van der Waals surface area contributed by atoms with Gasteiger partial charge in [-0.25, -0.2) is 0 Å². The molecule has 1 heterocycles. The van der Waals surface area contributed by atoms with Gasteiger partial charge in [-0.2, -0.15) is 0 Å². The molecule has 2 bridgehead atoms. The maximum Gasteiger partial charge on any atom is 0.310 e. The molecule has 0 amide bonds. The van der Waals surface area contributed by atoms with E-state index in [-0.39, 0.29) is 17.5 Å². The highest BCUT2D eigenvalue weighted by molar-refractivity contribution is 6.80. The molecule has 1 saturated carbocycles. The molecular weight excluding hydrogens is 288 g/mol. The second kappa shape index (κ2) is 6.14. The molecular formula is C19H32O2Si. The van der Waals surface area contributed by atoms with Crippen LogP contribution in [0.1, 0.15) is 52.9 Å². The molecule has 0 radical (unpaired) electrons. The zero-order valence-electron chi connectivity index (χ0n) is 14.6. The molecule has 4 atom stereocenters. The van der Waals surface area contributed by atoms with Crippen molar-refractivity contribution in [3.05, 3.63) is 12.2 Å². The third kappa shape index (κ3) is 2.81. The Morgan fingerprint density at radius 3 is 2.55 bits per heavy atom. The molecule has 0 aromatic heterocycles. The minimum Gasteiger partial charge on any atom is -0.459 e. The predicted octanol–water partition coefficient (Wildman–Crippen LogP) is 5.17. The molecule has 4 unspecified atom stereocenters. The largest absolute Gasteiger partial charge is 0.459 e. The Hall–Kier alpha value is -0.573. The van der Waals surface area contributed by atoms with Crippen molar-refractivity contribution in [2.24, 2.45) is 17.8 Å². The minimum absolute atomic E-state index is 0.121. The van der Waals surface area contributed by atoms with Crippen molar-refractivity contribution in [2.45, 2.75) is 82.7 Å². The number of allylic oxidation sites excluding steroid dienone is 2. The highest BCUT2D eigenvalue weighted by atomic mass is 28.3. The van der Waals surface area contributed by atoms with Crippen LogP contribution in [0.5, 0.6) is 0 Å². The molecule has 1 saturated heterocycles. The second-order valence-electron chi connectivity index (χ2n) is 8.08. The summed E-state index contributed by atoms with van der Waals surface area (Å²) < 4.78 is 6.29. The summed E-state index contributed by atoms with van der Waals surface area (Å²) in [5.41, 5.74) is -0.126. The van der Waals surface area contributed by atoms with Crippen molar-refractivity contribution in [1.29, 1.82) is 0 Å². The lowest BCUT2D eigenvalue weighted by Gasteiger charge is -2.46. The zero-order valence-corrected chi connectivity index (χ0v) is 15.6. The Balaban J connectivity index is 1.70.